The molecular weight excluding hydrogens is 364 g/mol. The number of urea groups is 1. The van der Waals surface area contributed by atoms with Gasteiger partial charge in [-0.15, -0.1) is 0 Å². The van der Waals surface area contributed by atoms with Crippen molar-refractivity contribution in [2.24, 2.45) is 5.92 Å². The number of nitrogens with one attached hydrogen (secondary N) is 1. The van der Waals surface area contributed by atoms with E-state index in [1.807, 2.05) is 11.0 Å². The molecule has 3 amide bonds. The summed E-state index contributed by atoms with van der Waals surface area (Å²) in [5, 5.41) is 3.24. The van der Waals surface area contributed by atoms with E-state index in [1.165, 1.54) is 31.2 Å². The average molecular weight is 401 g/mol. The largest absolute Gasteiger partial charge is 0.354 e. The van der Waals surface area contributed by atoms with Crippen LogP contribution in [0.1, 0.15) is 50.1 Å². The molecule has 2 saturated heterocycles. The van der Waals surface area contributed by atoms with Gasteiger partial charge in [0.1, 0.15) is 0 Å². The number of likely N-dealkylation sites (tertiary alicyclic amines) is 2. The Morgan fingerprint density at radius 1 is 1.00 bits per heavy atom. The Labute approximate surface area is 175 Å². The summed E-state index contributed by atoms with van der Waals surface area (Å²) in [4.78, 5) is 30.9. The number of benzene rings is 1. The molecule has 6 heteroatoms. The van der Waals surface area contributed by atoms with Crippen LogP contribution in [0.25, 0.3) is 0 Å². The molecule has 1 atom stereocenters. The third kappa shape index (κ3) is 5.95. The van der Waals surface area contributed by atoms with Crippen molar-refractivity contribution in [3.05, 3.63) is 35.9 Å². The number of rotatable bonds is 5. The Morgan fingerprint density at radius 3 is 2.21 bits per heavy atom. The van der Waals surface area contributed by atoms with Gasteiger partial charge in [-0.3, -0.25) is 9.69 Å². The predicted molar refractivity (Wildman–Crippen MR) is 116 cm³/mol. The molecule has 0 aromatic heterocycles. The third-order valence-electron chi connectivity index (χ3n) is 6.25. The van der Waals surface area contributed by atoms with Gasteiger partial charge in [-0.2, -0.15) is 0 Å². The third-order valence-corrected chi connectivity index (χ3v) is 6.25. The van der Waals surface area contributed by atoms with Gasteiger partial charge in [0.05, 0.1) is 6.04 Å². The van der Waals surface area contributed by atoms with Crippen LogP contribution in [-0.2, 0) is 4.79 Å². The van der Waals surface area contributed by atoms with E-state index in [9.17, 15) is 9.59 Å². The van der Waals surface area contributed by atoms with Crippen molar-refractivity contribution < 1.29 is 9.59 Å². The maximum atomic E-state index is 12.9. The van der Waals surface area contributed by atoms with Crippen molar-refractivity contribution in [1.82, 2.24) is 20.0 Å². The molecule has 0 saturated carbocycles. The zero-order valence-corrected chi connectivity index (χ0v) is 18.0. The van der Waals surface area contributed by atoms with Crippen LogP contribution in [0.15, 0.2) is 30.3 Å². The van der Waals surface area contributed by atoms with Gasteiger partial charge in [-0.1, -0.05) is 43.2 Å². The van der Waals surface area contributed by atoms with Crippen molar-refractivity contribution in [3.8, 4) is 0 Å². The molecule has 2 aliphatic heterocycles. The van der Waals surface area contributed by atoms with Crippen LogP contribution in [0.3, 0.4) is 0 Å². The normalized spacial score (nSPS) is 20.0. The summed E-state index contributed by atoms with van der Waals surface area (Å²) in [5.74, 6) is 0.138. The molecule has 160 valence electrons. The van der Waals surface area contributed by atoms with Gasteiger partial charge < -0.3 is 15.1 Å². The smallest absolute Gasteiger partial charge is 0.319 e. The molecule has 0 aliphatic carbocycles. The number of nitrogens with zero attached hydrogens (tertiary/aromatic N) is 3. The average Bonchev–Trinajstić information content (AvgIpc) is 3.03. The highest BCUT2D eigenvalue weighted by Gasteiger charge is 2.29. The lowest BCUT2D eigenvalue weighted by molar-refractivity contribution is -0.126. The number of hydrogen-bond donors (Lipinski definition) is 1. The molecule has 0 bridgehead atoms. The molecule has 1 aromatic rings. The topological polar surface area (TPSA) is 55.9 Å². The highest BCUT2D eigenvalue weighted by Crippen LogP contribution is 2.24. The van der Waals surface area contributed by atoms with Crippen LogP contribution < -0.4 is 5.32 Å². The summed E-state index contributed by atoms with van der Waals surface area (Å²) in [6, 6.07) is 10.8. The van der Waals surface area contributed by atoms with Crippen LogP contribution in [-0.4, -0.2) is 73.5 Å². The Bertz CT molecular complexity index is 648. The fourth-order valence-electron chi connectivity index (χ4n) is 4.50. The Kier molecular flexibility index (Phi) is 7.92. The second kappa shape index (κ2) is 10.6. The first-order valence-electron chi connectivity index (χ1n) is 11.1. The highest BCUT2D eigenvalue weighted by molar-refractivity contribution is 5.79. The minimum Gasteiger partial charge on any atom is -0.354 e. The van der Waals surface area contributed by atoms with Gasteiger partial charge >= 0.3 is 6.03 Å². The molecule has 2 fully saturated rings. The van der Waals surface area contributed by atoms with Crippen LogP contribution in [0.2, 0.25) is 0 Å². The van der Waals surface area contributed by atoms with Crippen LogP contribution in [0.4, 0.5) is 4.79 Å². The van der Waals surface area contributed by atoms with Crippen molar-refractivity contribution in [2.45, 2.75) is 44.6 Å². The van der Waals surface area contributed by atoms with Gasteiger partial charge in [0, 0.05) is 39.6 Å². The van der Waals surface area contributed by atoms with E-state index in [-0.39, 0.29) is 23.9 Å². The maximum Gasteiger partial charge on any atom is 0.319 e. The molecule has 0 radical (unpaired) electrons. The number of carbonyl (C=O) groups is 2. The summed E-state index contributed by atoms with van der Waals surface area (Å²) < 4.78 is 0. The number of hydrogen-bond acceptors (Lipinski definition) is 3. The zero-order valence-electron chi connectivity index (χ0n) is 18.0. The standard InChI is InChI=1S/C23H36N4O2/c1-25(2)23(29)27-16-12-20(13-17-27)22(28)24-18-21(19-10-6-5-7-11-19)26-14-8-3-4-9-15-26/h5-7,10-11,20-21H,3-4,8-9,12-18H2,1-2H3,(H,24,28). The number of carbonyl (C=O) groups excluding carboxylic acids is 2. The quantitative estimate of drug-likeness (QED) is 0.826. The van der Waals surface area contributed by atoms with E-state index >= 15 is 0 Å². The lowest BCUT2D eigenvalue weighted by Gasteiger charge is -2.34. The van der Waals surface area contributed by atoms with E-state index in [0.29, 0.717) is 19.6 Å². The monoisotopic (exact) mass is 400 g/mol. The lowest BCUT2D eigenvalue weighted by Crippen LogP contribution is -2.47. The molecule has 29 heavy (non-hydrogen) atoms. The van der Waals surface area contributed by atoms with Gasteiger partial charge in [0.15, 0.2) is 0 Å². The molecule has 1 N–H and O–H groups in total. The fraction of sp³-hybridized carbons (Fsp3) is 0.652. The molecule has 2 heterocycles. The molecule has 6 nitrogen and oxygen atoms in total. The molecule has 2 aliphatic rings. The maximum absolute atomic E-state index is 12.9. The molecule has 1 aromatic carbocycles. The number of piperidine rings is 1. The summed E-state index contributed by atoms with van der Waals surface area (Å²) in [6.07, 6.45) is 6.55. The Morgan fingerprint density at radius 2 is 1.62 bits per heavy atom. The Balaban J connectivity index is 1.56. The number of amides is 3. The van der Waals surface area contributed by atoms with Crippen molar-refractivity contribution in [1.29, 1.82) is 0 Å². The summed E-state index contributed by atoms with van der Waals surface area (Å²) in [7, 11) is 3.54. The first kappa shape index (κ1) is 21.6. The first-order valence-corrected chi connectivity index (χ1v) is 11.1. The minimum absolute atomic E-state index is 0.00164. The summed E-state index contributed by atoms with van der Waals surface area (Å²) in [6.45, 7) is 4.16. The second-order valence-electron chi connectivity index (χ2n) is 8.56. The van der Waals surface area contributed by atoms with E-state index in [4.69, 9.17) is 0 Å². The lowest BCUT2D eigenvalue weighted by atomic mass is 9.95. The van der Waals surface area contributed by atoms with Crippen LogP contribution in [0, 0.1) is 5.92 Å². The molecular formula is C23H36N4O2. The first-order chi connectivity index (χ1) is 14.1. The molecule has 0 spiro atoms. The fourth-order valence-corrected chi connectivity index (χ4v) is 4.50. The second-order valence-corrected chi connectivity index (χ2v) is 8.56. The van der Waals surface area contributed by atoms with E-state index in [1.54, 1.807) is 19.0 Å². The van der Waals surface area contributed by atoms with Crippen LogP contribution >= 0.6 is 0 Å². The minimum atomic E-state index is 0.00164. The van der Waals surface area contributed by atoms with Crippen molar-refractivity contribution >= 4 is 11.9 Å². The Hall–Kier alpha value is -2.08. The van der Waals surface area contributed by atoms with Gasteiger partial charge in [0.2, 0.25) is 5.91 Å². The SMILES string of the molecule is CN(C)C(=O)N1CCC(C(=O)NCC(c2ccccc2)N2CCCCCC2)CC1. The van der Waals surface area contributed by atoms with Gasteiger partial charge in [0.25, 0.3) is 0 Å². The zero-order chi connectivity index (χ0) is 20.6. The van der Waals surface area contributed by atoms with Gasteiger partial charge in [-0.25, -0.2) is 4.79 Å². The molecule has 1 unspecified atom stereocenters. The van der Waals surface area contributed by atoms with Crippen molar-refractivity contribution in [3.63, 3.8) is 0 Å². The van der Waals surface area contributed by atoms with E-state index in [0.717, 1.165) is 25.9 Å². The summed E-state index contributed by atoms with van der Waals surface area (Å²) >= 11 is 0. The molecule has 3 rings (SSSR count). The van der Waals surface area contributed by atoms with E-state index < -0.39 is 0 Å². The van der Waals surface area contributed by atoms with E-state index in [2.05, 4.69) is 34.5 Å². The van der Waals surface area contributed by atoms with Gasteiger partial charge in [-0.05, 0) is 44.3 Å². The highest BCUT2D eigenvalue weighted by atomic mass is 16.2. The van der Waals surface area contributed by atoms with Crippen molar-refractivity contribution in [2.75, 3.05) is 46.8 Å². The summed E-state index contributed by atoms with van der Waals surface area (Å²) in [5.41, 5.74) is 1.28. The predicted octanol–water partition coefficient (Wildman–Crippen LogP) is 3.11. The van der Waals surface area contributed by atoms with Crippen LogP contribution in [0.5, 0.6) is 0 Å².